The van der Waals surface area contributed by atoms with Gasteiger partial charge < -0.3 is 5.11 Å². The van der Waals surface area contributed by atoms with Gasteiger partial charge >= 0.3 is 0 Å². The fraction of sp³-hybridized carbons (Fsp3) is 0.188. The minimum atomic E-state index is -0.301. The number of nitrogens with zero attached hydrogens (tertiary/aromatic N) is 1. The number of aliphatic hydroxyl groups excluding tert-OH is 1. The second-order valence-corrected chi connectivity index (χ2v) is 6.14. The Labute approximate surface area is 135 Å². The first-order valence-corrected chi connectivity index (χ1v) is 8.09. The van der Waals surface area contributed by atoms with Crippen molar-refractivity contribution in [2.24, 2.45) is 0 Å². The molecule has 0 amide bonds. The summed E-state index contributed by atoms with van der Waals surface area (Å²) in [5, 5.41) is 9.58. The SMILES string of the molecule is OCCC#Cc1cc(F)cc(CSc2ccc(Br)cn2)c1. The van der Waals surface area contributed by atoms with Crippen molar-refractivity contribution in [2.75, 3.05) is 6.61 Å². The Hall–Kier alpha value is -1.35. The van der Waals surface area contributed by atoms with E-state index in [0.717, 1.165) is 15.1 Å². The topological polar surface area (TPSA) is 33.1 Å². The van der Waals surface area contributed by atoms with E-state index < -0.39 is 0 Å². The zero-order valence-corrected chi connectivity index (χ0v) is 13.5. The number of benzene rings is 1. The van der Waals surface area contributed by atoms with Gasteiger partial charge in [-0.15, -0.1) is 11.8 Å². The van der Waals surface area contributed by atoms with Gasteiger partial charge in [0.15, 0.2) is 0 Å². The number of hydrogen-bond donors (Lipinski definition) is 1. The van der Waals surface area contributed by atoms with Crippen molar-refractivity contribution in [3.63, 3.8) is 0 Å². The Morgan fingerprint density at radius 1 is 1.29 bits per heavy atom. The van der Waals surface area contributed by atoms with Gasteiger partial charge in [0.2, 0.25) is 0 Å². The number of halogens is 2. The molecule has 1 aromatic carbocycles. The molecular formula is C16H13BrFNOS. The van der Waals surface area contributed by atoms with Crippen LogP contribution in [-0.4, -0.2) is 16.7 Å². The number of rotatable bonds is 4. The summed E-state index contributed by atoms with van der Waals surface area (Å²) >= 11 is 4.88. The van der Waals surface area contributed by atoms with Gasteiger partial charge in [0.25, 0.3) is 0 Å². The van der Waals surface area contributed by atoms with Crippen LogP contribution >= 0.6 is 27.7 Å². The van der Waals surface area contributed by atoms with Gasteiger partial charge in [-0.05, 0) is 51.8 Å². The molecule has 0 fully saturated rings. The first kappa shape index (κ1) is 16.0. The third kappa shape index (κ3) is 5.50. The number of thioether (sulfide) groups is 1. The molecule has 0 radical (unpaired) electrons. The van der Waals surface area contributed by atoms with E-state index in [1.54, 1.807) is 18.0 Å². The van der Waals surface area contributed by atoms with Crippen molar-refractivity contribution in [2.45, 2.75) is 17.2 Å². The summed E-state index contributed by atoms with van der Waals surface area (Å²) in [5.41, 5.74) is 1.49. The van der Waals surface area contributed by atoms with Crippen molar-refractivity contribution in [1.82, 2.24) is 4.98 Å². The number of aromatic nitrogens is 1. The first-order valence-electron chi connectivity index (χ1n) is 6.31. The Bertz CT molecular complexity index is 664. The maximum Gasteiger partial charge on any atom is 0.124 e. The fourth-order valence-corrected chi connectivity index (χ4v) is 2.64. The minimum absolute atomic E-state index is 0.0141. The maximum atomic E-state index is 13.6. The summed E-state index contributed by atoms with van der Waals surface area (Å²) in [5.74, 6) is 5.97. The summed E-state index contributed by atoms with van der Waals surface area (Å²) < 4.78 is 14.5. The maximum absolute atomic E-state index is 13.6. The predicted octanol–water partition coefficient (Wildman–Crippen LogP) is 4.01. The van der Waals surface area contributed by atoms with Crippen molar-refractivity contribution in [1.29, 1.82) is 0 Å². The molecule has 1 heterocycles. The van der Waals surface area contributed by atoms with E-state index in [9.17, 15) is 4.39 Å². The lowest BCUT2D eigenvalue weighted by molar-refractivity contribution is 0.305. The summed E-state index contributed by atoms with van der Waals surface area (Å²) in [4.78, 5) is 4.27. The molecule has 1 aromatic heterocycles. The molecule has 2 aromatic rings. The van der Waals surface area contributed by atoms with Crippen molar-refractivity contribution in [3.05, 3.63) is 57.9 Å². The molecule has 0 aliphatic heterocycles. The van der Waals surface area contributed by atoms with Gasteiger partial charge in [-0.3, -0.25) is 0 Å². The van der Waals surface area contributed by atoms with Gasteiger partial charge in [-0.2, -0.15) is 0 Å². The highest BCUT2D eigenvalue weighted by atomic mass is 79.9. The summed E-state index contributed by atoms with van der Waals surface area (Å²) in [6, 6.07) is 8.60. The van der Waals surface area contributed by atoms with Crippen LogP contribution in [0.4, 0.5) is 4.39 Å². The largest absolute Gasteiger partial charge is 0.395 e. The van der Waals surface area contributed by atoms with Crippen molar-refractivity contribution < 1.29 is 9.50 Å². The molecule has 1 N–H and O–H groups in total. The lowest BCUT2D eigenvalue weighted by Gasteiger charge is -2.03. The zero-order chi connectivity index (χ0) is 15.1. The Kier molecular flexibility index (Phi) is 6.24. The lowest BCUT2D eigenvalue weighted by Crippen LogP contribution is -1.88. The van der Waals surface area contributed by atoms with Gasteiger partial charge in [-0.25, -0.2) is 9.37 Å². The highest BCUT2D eigenvalue weighted by Crippen LogP contribution is 2.23. The van der Waals surface area contributed by atoms with Crippen molar-refractivity contribution >= 4 is 27.7 Å². The molecule has 0 spiro atoms. The van der Waals surface area contributed by atoms with Gasteiger partial charge in [0.1, 0.15) is 5.82 Å². The summed E-state index contributed by atoms with van der Waals surface area (Å²) in [6.45, 7) is 0.0141. The third-order valence-corrected chi connectivity index (χ3v) is 4.00. The standard InChI is InChI=1S/C16H13BrFNOS/c17-14-4-5-16(19-10-14)21-11-13-7-12(3-1-2-6-20)8-15(18)9-13/h4-5,7-10,20H,2,6,11H2. The van der Waals surface area contributed by atoms with Crippen LogP contribution in [0.5, 0.6) is 0 Å². The molecule has 0 aliphatic carbocycles. The molecule has 2 rings (SSSR count). The Morgan fingerprint density at radius 2 is 2.14 bits per heavy atom. The quantitative estimate of drug-likeness (QED) is 0.656. The molecule has 0 aliphatic rings. The molecule has 5 heteroatoms. The minimum Gasteiger partial charge on any atom is -0.395 e. The number of aliphatic hydroxyl groups is 1. The van der Waals surface area contributed by atoms with E-state index >= 15 is 0 Å². The molecule has 0 saturated heterocycles. The summed E-state index contributed by atoms with van der Waals surface area (Å²) in [7, 11) is 0. The first-order chi connectivity index (χ1) is 10.2. The normalized spacial score (nSPS) is 10.0. The second kappa shape index (κ2) is 8.18. The monoisotopic (exact) mass is 365 g/mol. The van der Waals surface area contributed by atoms with Crippen LogP contribution in [-0.2, 0) is 5.75 Å². The van der Waals surface area contributed by atoms with Gasteiger partial charge in [0.05, 0.1) is 11.6 Å². The van der Waals surface area contributed by atoms with Crippen LogP contribution in [0.1, 0.15) is 17.5 Å². The molecule has 0 bridgehead atoms. The fourth-order valence-electron chi connectivity index (χ4n) is 1.63. The number of pyridine rings is 1. The van der Waals surface area contributed by atoms with Crippen LogP contribution in [0, 0.1) is 17.7 Å². The highest BCUT2D eigenvalue weighted by Gasteiger charge is 2.02. The Balaban J connectivity index is 2.06. The van der Waals surface area contributed by atoms with Crippen LogP contribution < -0.4 is 0 Å². The average Bonchev–Trinajstić information content (AvgIpc) is 2.46. The lowest BCUT2D eigenvalue weighted by atomic mass is 10.1. The smallest absolute Gasteiger partial charge is 0.124 e. The van der Waals surface area contributed by atoms with E-state index in [4.69, 9.17) is 5.11 Å². The van der Waals surface area contributed by atoms with Crippen LogP contribution in [0.3, 0.4) is 0 Å². The van der Waals surface area contributed by atoms with Gasteiger partial charge in [-0.1, -0.05) is 11.8 Å². The Morgan fingerprint density at radius 3 is 2.86 bits per heavy atom. The average molecular weight is 366 g/mol. The van der Waals surface area contributed by atoms with Crippen LogP contribution in [0.2, 0.25) is 0 Å². The van der Waals surface area contributed by atoms with Crippen LogP contribution in [0.15, 0.2) is 46.0 Å². The molecule has 108 valence electrons. The van der Waals surface area contributed by atoms with E-state index in [2.05, 4.69) is 32.8 Å². The van der Waals surface area contributed by atoms with Crippen LogP contribution in [0.25, 0.3) is 0 Å². The summed E-state index contributed by atoms with van der Waals surface area (Å²) in [6.07, 6.45) is 2.13. The van der Waals surface area contributed by atoms with Crippen molar-refractivity contribution in [3.8, 4) is 11.8 Å². The van der Waals surface area contributed by atoms with E-state index in [0.29, 0.717) is 17.7 Å². The predicted molar refractivity (Wildman–Crippen MR) is 86.5 cm³/mol. The third-order valence-electron chi connectivity index (χ3n) is 2.51. The van der Waals surface area contributed by atoms with Gasteiger partial charge in [0, 0.05) is 28.4 Å². The molecule has 2 nitrogen and oxygen atoms in total. The number of hydrogen-bond acceptors (Lipinski definition) is 3. The molecular weight excluding hydrogens is 353 g/mol. The highest BCUT2D eigenvalue weighted by molar-refractivity contribution is 9.10. The second-order valence-electron chi connectivity index (χ2n) is 4.23. The molecule has 0 unspecified atom stereocenters. The molecule has 0 saturated carbocycles. The van der Waals surface area contributed by atoms with E-state index in [1.165, 1.54) is 12.1 Å². The molecule has 0 atom stereocenters. The molecule has 21 heavy (non-hydrogen) atoms. The van der Waals surface area contributed by atoms with E-state index in [-0.39, 0.29) is 12.4 Å². The van der Waals surface area contributed by atoms with E-state index in [1.807, 2.05) is 18.2 Å². The zero-order valence-electron chi connectivity index (χ0n) is 11.1.